The minimum atomic E-state index is 0.0277. The monoisotopic (exact) mass is 416 g/mol. The molecule has 0 unspecified atom stereocenters. The van der Waals surface area contributed by atoms with Crippen LogP contribution in [0.5, 0.6) is 5.75 Å². The number of nitrogens with zero attached hydrogens (tertiary/aromatic N) is 2. The summed E-state index contributed by atoms with van der Waals surface area (Å²) in [5.41, 5.74) is 2.44. The zero-order chi connectivity index (χ0) is 18.7. The van der Waals surface area contributed by atoms with E-state index in [1.165, 1.54) is 0 Å². The van der Waals surface area contributed by atoms with E-state index in [1.54, 1.807) is 32.2 Å². The molecule has 2 aromatic carbocycles. The lowest BCUT2D eigenvalue weighted by Gasteiger charge is -2.36. The predicted octanol–water partition coefficient (Wildman–Crippen LogP) is 3.62. The van der Waals surface area contributed by atoms with Crippen molar-refractivity contribution >= 4 is 33.3 Å². The summed E-state index contributed by atoms with van der Waals surface area (Å²) in [6.07, 6.45) is 0. The van der Waals surface area contributed by atoms with Gasteiger partial charge in [-0.15, -0.1) is 0 Å². The highest BCUT2D eigenvalue weighted by molar-refractivity contribution is 9.10. The fourth-order valence-corrected chi connectivity index (χ4v) is 3.60. The number of ether oxygens (including phenoxy) is 1. The number of amides is 1. The van der Waals surface area contributed by atoms with Crippen molar-refractivity contribution < 1.29 is 14.3 Å². The number of hydrogen-bond donors (Lipinski definition) is 0. The van der Waals surface area contributed by atoms with Crippen LogP contribution in [0, 0.1) is 0 Å². The van der Waals surface area contributed by atoms with Gasteiger partial charge in [0.1, 0.15) is 5.75 Å². The minimum Gasteiger partial charge on any atom is -0.496 e. The molecule has 3 rings (SSSR count). The highest BCUT2D eigenvalue weighted by Gasteiger charge is 2.23. The Labute approximate surface area is 161 Å². The molecular formula is C20H21BrN2O3. The molecule has 0 N–H and O–H groups in total. The van der Waals surface area contributed by atoms with Crippen molar-refractivity contribution in [2.45, 2.75) is 6.92 Å². The van der Waals surface area contributed by atoms with E-state index in [2.05, 4.69) is 20.8 Å². The molecule has 0 aromatic heterocycles. The molecular weight excluding hydrogens is 396 g/mol. The second-order valence-electron chi connectivity index (χ2n) is 6.23. The third-order valence-electron chi connectivity index (χ3n) is 4.60. The quantitative estimate of drug-likeness (QED) is 0.714. The maximum absolute atomic E-state index is 12.7. The van der Waals surface area contributed by atoms with E-state index >= 15 is 0 Å². The Morgan fingerprint density at radius 3 is 2.12 bits per heavy atom. The normalized spacial score (nSPS) is 14.3. The molecule has 26 heavy (non-hydrogen) atoms. The highest BCUT2D eigenvalue weighted by Crippen LogP contribution is 2.26. The van der Waals surface area contributed by atoms with E-state index in [0.717, 1.165) is 23.2 Å². The summed E-state index contributed by atoms with van der Waals surface area (Å²) in [6, 6.07) is 13.0. The Hall–Kier alpha value is -2.34. The molecule has 0 bridgehead atoms. The second kappa shape index (κ2) is 7.91. The molecule has 1 aliphatic rings. The molecule has 0 radical (unpaired) electrons. The Morgan fingerprint density at radius 1 is 0.962 bits per heavy atom. The van der Waals surface area contributed by atoms with E-state index in [9.17, 15) is 9.59 Å². The van der Waals surface area contributed by atoms with Crippen LogP contribution < -0.4 is 9.64 Å². The summed E-state index contributed by atoms with van der Waals surface area (Å²) in [4.78, 5) is 28.2. The van der Waals surface area contributed by atoms with Crippen LogP contribution in [0.25, 0.3) is 0 Å². The highest BCUT2D eigenvalue weighted by atomic mass is 79.9. The summed E-state index contributed by atoms with van der Waals surface area (Å²) in [5.74, 6) is 0.804. The lowest BCUT2D eigenvalue weighted by Crippen LogP contribution is -2.48. The average Bonchev–Trinajstić information content (AvgIpc) is 2.67. The first-order valence-electron chi connectivity index (χ1n) is 8.48. The molecule has 0 aliphatic carbocycles. The van der Waals surface area contributed by atoms with Gasteiger partial charge in [-0.05, 0) is 65.3 Å². The fourth-order valence-electron chi connectivity index (χ4n) is 3.06. The predicted molar refractivity (Wildman–Crippen MR) is 105 cm³/mol. The van der Waals surface area contributed by atoms with Crippen molar-refractivity contribution in [1.29, 1.82) is 0 Å². The first-order chi connectivity index (χ1) is 12.5. The number of carbonyl (C=O) groups excluding carboxylic acids is 2. The van der Waals surface area contributed by atoms with E-state index in [4.69, 9.17) is 4.74 Å². The number of piperazine rings is 1. The number of carbonyl (C=O) groups is 2. The Balaban J connectivity index is 1.63. The third-order valence-corrected chi connectivity index (χ3v) is 5.22. The number of benzene rings is 2. The number of halogens is 1. The molecule has 6 heteroatoms. The minimum absolute atomic E-state index is 0.0277. The summed E-state index contributed by atoms with van der Waals surface area (Å²) >= 11 is 3.43. The molecule has 1 amide bonds. The van der Waals surface area contributed by atoms with Crippen molar-refractivity contribution in [3.63, 3.8) is 0 Å². The third kappa shape index (κ3) is 3.90. The molecule has 0 saturated carbocycles. The van der Waals surface area contributed by atoms with Crippen molar-refractivity contribution in [3.05, 3.63) is 58.1 Å². The molecule has 0 spiro atoms. The molecule has 1 saturated heterocycles. The Kier molecular flexibility index (Phi) is 5.61. The first-order valence-corrected chi connectivity index (χ1v) is 9.27. The number of Topliss-reactive ketones (excluding diaryl/α,β-unsaturated/α-hetero) is 1. The van der Waals surface area contributed by atoms with Crippen molar-refractivity contribution in [2.24, 2.45) is 0 Å². The number of hydrogen-bond acceptors (Lipinski definition) is 4. The molecule has 1 aliphatic heterocycles. The number of anilines is 1. The zero-order valence-electron chi connectivity index (χ0n) is 14.9. The largest absolute Gasteiger partial charge is 0.496 e. The summed E-state index contributed by atoms with van der Waals surface area (Å²) in [6.45, 7) is 4.43. The van der Waals surface area contributed by atoms with Crippen LogP contribution in [-0.2, 0) is 0 Å². The van der Waals surface area contributed by atoms with Crippen molar-refractivity contribution in [3.8, 4) is 5.75 Å². The van der Waals surface area contributed by atoms with Gasteiger partial charge in [0.2, 0.25) is 0 Å². The lowest BCUT2D eigenvalue weighted by molar-refractivity contribution is 0.0746. The van der Waals surface area contributed by atoms with Gasteiger partial charge in [0.05, 0.1) is 11.6 Å². The van der Waals surface area contributed by atoms with Crippen molar-refractivity contribution in [2.75, 3.05) is 38.2 Å². The van der Waals surface area contributed by atoms with Crippen LogP contribution in [-0.4, -0.2) is 49.9 Å². The smallest absolute Gasteiger partial charge is 0.254 e. The van der Waals surface area contributed by atoms with Gasteiger partial charge in [0, 0.05) is 43.0 Å². The number of ketones is 1. The molecule has 1 fully saturated rings. The van der Waals surface area contributed by atoms with Gasteiger partial charge in [-0.2, -0.15) is 0 Å². The zero-order valence-corrected chi connectivity index (χ0v) is 16.5. The van der Waals surface area contributed by atoms with Gasteiger partial charge in [0.25, 0.3) is 5.91 Å². The first kappa shape index (κ1) is 18.5. The lowest BCUT2D eigenvalue weighted by atomic mass is 10.1. The van der Waals surface area contributed by atoms with Gasteiger partial charge in [-0.1, -0.05) is 0 Å². The van der Waals surface area contributed by atoms with Crippen LogP contribution in [0.4, 0.5) is 5.69 Å². The molecule has 2 aromatic rings. The van der Waals surface area contributed by atoms with Gasteiger partial charge in [-0.25, -0.2) is 0 Å². The molecule has 1 heterocycles. The Bertz CT molecular complexity index is 812. The van der Waals surface area contributed by atoms with E-state index in [1.807, 2.05) is 29.2 Å². The van der Waals surface area contributed by atoms with E-state index in [-0.39, 0.29) is 11.7 Å². The molecule has 136 valence electrons. The van der Waals surface area contributed by atoms with Gasteiger partial charge >= 0.3 is 0 Å². The van der Waals surface area contributed by atoms with E-state index < -0.39 is 0 Å². The second-order valence-corrected chi connectivity index (χ2v) is 7.09. The van der Waals surface area contributed by atoms with Crippen LogP contribution in [0.15, 0.2) is 46.9 Å². The number of methoxy groups -OCH3 is 1. The van der Waals surface area contributed by atoms with Crippen LogP contribution in [0.3, 0.4) is 0 Å². The van der Waals surface area contributed by atoms with E-state index in [0.29, 0.717) is 30.0 Å². The van der Waals surface area contributed by atoms with Gasteiger partial charge < -0.3 is 14.5 Å². The molecule has 0 atom stereocenters. The SMILES string of the molecule is COc1ccc(C(=O)N2CCN(c3ccc(C(C)=O)cc3)CC2)cc1Br. The molecule has 5 nitrogen and oxygen atoms in total. The standard InChI is InChI=1S/C20H21BrN2O3/c1-14(24)15-3-6-17(7-4-15)22-9-11-23(12-10-22)20(25)16-5-8-19(26-2)18(21)13-16/h3-8,13H,9-12H2,1-2H3. The van der Waals surface area contributed by atoms with Gasteiger partial charge in [0.15, 0.2) is 5.78 Å². The summed E-state index contributed by atoms with van der Waals surface area (Å²) in [7, 11) is 1.60. The summed E-state index contributed by atoms with van der Waals surface area (Å²) in [5, 5.41) is 0. The topological polar surface area (TPSA) is 49.9 Å². The maximum Gasteiger partial charge on any atom is 0.254 e. The number of rotatable bonds is 4. The van der Waals surface area contributed by atoms with Crippen molar-refractivity contribution in [1.82, 2.24) is 4.90 Å². The maximum atomic E-state index is 12.7. The van der Waals surface area contributed by atoms with Crippen LogP contribution in [0.1, 0.15) is 27.6 Å². The van der Waals surface area contributed by atoms with Gasteiger partial charge in [-0.3, -0.25) is 9.59 Å². The average molecular weight is 417 g/mol. The van der Waals surface area contributed by atoms with Crippen LogP contribution >= 0.6 is 15.9 Å². The van der Waals surface area contributed by atoms with Crippen LogP contribution in [0.2, 0.25) is 0 Å². The fraction of sp³-hybridized carbons (Fsp3) is 0.300. The summed E-state index contributed by atoms with van der Waals surface area (Å²) < 4.78 is 5.99. The Morgan fingerprint density at radius 2 is 1.58 bits per heavy atom.